The fraction of sp³-hybridized carbons (Fsp3) is 0.0714. The molecule has 0 aliphatic carbocycles. The van der Waals surface area contributed by atoms with Gasteiger partial charge in [0.25, 0.3) is 0 Å². The van der Waals surface area contributed by atoms with Gasteiger partial charge in [0.05, 0.1) is 0 Å². The Morgan fingerprint density at radius 1 is 1.05 bits per heavy atom. The Kier molecular flexibility index (Phi) is 2.94. The average Bonchev–Trinajstić information content (AvgIpc) is 2.48. The molecule has 2 heterocycles. The fourth-order valence-electron chi connectivity index (χ4n) is 1.80. The Labute approximate surface area is 110 Å². The summed E-state index contributed by atoms with van der Waals surface area (Å²) >= 11 is 0. The fourth-order valence-corrected chi connectivity index (χ4v) is 1.80. The van der Waals surface area contributed by atoms with E-state index in [2.05, 4.69) is 20.3 Å². The van der Waals surface area contributed by atoms with E-state index in [-0.39, 0.29) is 0 Å². The summed E-state index contributed by atoms with van der Waals surface area (Å²) in [5.74, 6) is 1.87. The van der Waals surface area contributed by atoms with Crippen LogP contribution in [0.25, 0.3) is 10.9 Å². The summed E-state index contributed by atoms with van der Waals surface area (Å²) in [6.45, 7) is 0. The topological polar surface area (TPSA) is 59.9 Å². The van der Waals surface area contributed by atoms with Crippen LogP contribution in [0.5, 0.6) is 11.6 Å². The number of pyridine rings is 1. The molecule has 0 bridgehead atoms. The zero-order chi connectivity index (χ0) is 13.1. The molecule has 0 atom stereocenters. The first-order valence-corrected chi connectivity index (χ1v) is 5.88. The smallest absolute Gasteiger partial charge is 0.224 e. The maximum Gasteiger partial charge on any atom is 0.224 e. The third-order valence-electron chi connectivity index (χ3n) is 2.71. The Morgan fingerprint density at radius 2 is 1.95 bits per heavy atom. The van der Waals surface area contributed by atoms with E-state index >= 15 is 0 Å². The minimum absolute atomic E-state index is 0.484. The molecule has 0 saturated heterocycles. The summed E-state index contributed by atoms with van der Waals surface area (Å²) in [5.41, 5.74) is 0.814. The number of nitrogens with one attached hydrogen (secondary N) is 1. The maximum atomic E-state index is 5.78. The monoisotopic (exact) mass is 252 g/mol. The predicted octanol–water partition coefficient (Wildman–Crippen LogP) is 2.86. The summed E-state index contributed by atoms with van der Waals surface area (Å²) in [7, 11) is 1.80. The molecular formula is C14H12N4O. The van der Waals surface area contributed by atoms with E-state index in [4.69, 9.17) is 4.74 Å². The normalized spacial score (nSPS) is 10.4. The summed E-state index contributed by atoms with van der Waals surface area (Å²) in [6, 6.07) is 11.4. The third kappa shape index (κ3) is 2.30. The number of aromatic nitrogens is 3. The quantitative estimate of drug-likeness (QED) is 0.776. The van der Waals surface area contributed by atoms with Crippen LogP contribution in [-0.4, -0.2) is 22.0 Å². The number of nitrogens with zero attached hydrogens (tertiary/aromatic N) is 3. The lowest BCUT2D eigenvalue weighted by atomic mass is 10.2. The molecule has 0 aliphatic rings. The summed E-state index contributed by atoms with van der Waals surface area (Å²) in [6.07, 6.45) is 3.20. The molecule has 0 aliphatic heterocycles. The van der Waals surface area contributed by atoms with Crippen molar-refractivity contribution in [3.63, 3.8) is 0 Å². The molecule has 0 amide bonds. The SMILES string of the molecule is CNc1cc(Oc2cccc3cccnc23)ncn1. The molecule has 3 rings (SSSR count). The third-order valence-corrected chi connectivity index (χ3v) is 2.71. The highest BCUT2D eigenvalue weighted by molar-refractivity contribution is 5.84. The molecule has 0 radical (unpaired) electrons. The van der Waals surface area contributed by atoms with Crippen LogP contribution in [-0.2, 0) is 0 Å². The van der Waals surface area contributed by atoms with Crippen molar-refractivity contribution in [1.82, 2.24) is 15.0 Å². The van der Waals surface area contributed by atoms with Gasteiger partial charge in [-0.05, 0) is 12.1 Å². The molecule has 0 fully saturated rings. The van der Waals surface area contributed by atoms with Crippen molar-refractivity contribution in [2.24, 2.45) is 0 Å². The Balaban J connectivity index is 2.01. The lowest BCUT2D eigenvalue weighted by molar-refractivity contribution is 0.466. The number of fused-ring (bicyclic) bond motifs is 1. The van der Waals surface area contributed by atoms with Gasteiger partial charge in [0.2, 0.25) is 5.88 Å². The van der Waals surface area contributed by atoms with Crippen molar-refractivity contribution in [3.05, 3.63) is 48.9 Å². The summed E-state index contributed by atoms with van der Waals surface area (Å²) < 4.78 is 5.78. The maximum absolute atomic E-state index is 5.78. The first-order chi connectivity index (χ1) is 9.36. The molecule has 2 aromatic heterocycles. The molecule has 1 aromatic carbocycles. The van der Waals surface area contributed by atoms with Crippen LogP contribution in [0, 0.1) is 0 Å². The van der Waals surface area contributed by atoms with Gasteiger partial charge in [0.15, 0.2) is 5.75 Å². The van der Waals surface area contributed by atoms with Gasteiger partial charge in [-0.2, -0.15) is 0 Å². The van der Waals surface area contributed by atoms with Gasteiger partial charge in [-0.15, -0.1) is 0 Å². The van der Waals surface area contributed by atoms with Gasteiger partial charge in [-0.1, -0.05) is 18.2 Å². The highest BCUT2D eigenvalue weighted by Crippen LogP contribution is 2.27. The molecule has 0 unspecified atom stereocenters. The van der Waals surface area contributed by atoms with E-state index in [9.17, 15) is 0 Å². The number of benzene rings is 1. The van der Waals surface area contributed by atoms with E-state index in [1.54, 1.807) is 19.3 Å². The number of ether oxygens (including phenoxy) is 1. The van der Waals surface area contributed by atoms with Crippen LogP contribution in [0.1, 0.15) is 0 Å². The zero-order valence-corrected chi connectivity index (χ0v) is 10.4. The van der Waals surface area contributed by atoms with Crippen LogP contribution in [0.2, 0.25) is 0 Å². The second-order valence-electron chi connectivity index (χ2n) is 3.92. The van der Waals surface area contributed by atoms with Crippen molar-refractivity contribution in [1.29, 1.82) is 0 Å². The Hall–Kier alpha value is -2.69. The van der Waals surface area contributed by atoms with Crippen LogP contribution < -0.4 is 10.1 Å². The van der Waals surface area contributed by atoms with Crippen molar-refractivity contribution in [3.8, 4) is 11.6 Å². The largest absolute Gasteiger partial charge is 0.437 e. The van der Waals surface area contributed by atoms with Crippen LogP contribution in [0.3, 0.4) is 0 Å². The Bertz CT molecular complexity index is 709. The predicted molar refractivity (Wildman–Crippen MR) is 73.4 cm³/mol. The van der Waals surface area contributed by atoms with Crippen LogP contribution in [0.4, 0.5) is 5.82 Å². The lowest BCUT2D eigenvalue weighted by Crippen LogP contribution is -1.95. The average molecular weight is 252 g/mol. The van der Waals surface area contributed by atoms with Crippen molar-refractivity contribution in [2.45, 2.75) is 0 Å². The molecule has 5 heteroatoms. The second-order valence-corrected chi connectivity index (χ2v) is 3.92. The standard InChI is InChI=1S/C14H12N4O/c1-15-12-8-13(18-9-17-12)19-11-6-2-4-10-5-3-7-16-14(10)11/h2-9H,1H3,(H,15,17,18). The lowest BCUT2D eigenvalue weighted by Gasteiger charge is -2.07. The number of para-hydroxylation sites is 1. The van der Waals surface area contributed by atoms with Gasteiger partial charge < -0.3 is 10.1 Å². The first kappa shape index (κ1) is 11.4. The first-order valence-electron chi connectivity index (χ1n) is 5.88. The highest BCUT2D eigenvalue weighted by atomic mass is 16.5. The van der Waals surface area contributed by atoms with Gasteiger partial charge in [0, 0.05) is 24.7 Å². The van der Waals surface area contributed by atoms with Gasteiger partial charge in [0.1, 0.15) is 17.7 Å². The van der Waals surface area contributed by atoms with E-state index in [1.165, 1.54) is 6.33 Å². The van der Waals surface area contributed by atoms with E-state index in [0.29, 0.717) is 17.4 Å². The van der Waals surface area contributed by atoms with Gasteiger partial charge in [-0.25, -0.2) is 9.97 Å². The van der Waals surface area contributed by atoms with E-state index in [0.717, 1.165) is 10.9 Å². The Morgan fingerprint density at radius 3 is 2.84 bits per heavy atom. The molecule has 19 heavy (non-hydrogen) atoms. The molecule has 1 N–H and O–H groups in total. The highest BCUT2D eigenvalue weighted by Gasteiger charge is 2.05. The van der Waals surface area contributed by atoms with Gasteiger partial charge >= 0.3 is 0 Å². The van der Waals surface area contributed by atoms with Crippen LogP contribution in [0.15, 0.2) is 48.9 Å². The number of rotatable bonds is 3. The number of anilines is 1. The number of hydrogen-bond acceptors (Lipinski definition) is 5. The molecule has 5 nitrogen and oxygen atoms in total. The molecule has 94 valence electrons. The van der Waals surface area contributed by atoms with Gasteiger partial charge in [-0.3, -0.25) is 4.98 Å². The molecule has 3 aromatic rings. The second kappa shape index (κ2) is 4.89. The summed E-state index contributed by atoms with van der Waals surface area (Å²) in [5, 5.41) is 3.97. The van der Waals surface area contributed by atoms with E-state index < -0.39 is 0 Å². The van der Waals surface area contributed by atoms with Crippen LogP contribution >= 0.6 is 0 Å². The van der Waals surface area contributed by atoms with E-state index in [1.807, 2.05) is 30.3 Å². The minimum atomic E-state index is 0.484. The number of hydrogen-bond donors (Lipinski definition) is 1. The molecule has 0 spiro atoms. The molecular weight excluding hydrogens is 240 g/mol. The van der Waals surface area contributed by atoms with Crippen molar-refractivity contribution in [2.75, 3.05) is 12.4 Å². The summed E-state index contributed by atoms with van der Waals surface area (Å²) in [4.78, 5) is 12.5. The van der Waals surface area contributed by atoms with Crippen molar-refractivity contribution < 1.29 is 4.74 Å². The minimum Gasteiger partial charge on any atom is -0.437 e. The zero-order valence-electron chi connectivity index (χ0n) is 10.4. The van der Waals surface area contributed by atoms with Crippen molar-refractivity contribution >= 4 is 16.7 Å². The molecule has 0 saturated carbocycles.